The average molecular weight is 275 g/mol. The van der Waals surface area contributed by atoms with Crippen LogP contribution in [0.15, 0.2) is 34.9 Å². The van der Waals surface area contributed by atoms with Gasteiger partial charge in [0.2, 0.25) is 0 Å². The Hall–Kier alpha value is -1.21. The van der Waals surface area contributed by atoms with Crippen LogP contribution in [-0.4, -0.2) is 0 Å². The summed E-state index contributed by atoms with van der Waals surface area (Å²) in [6.45, 7) is 2.10. The quantitative estimate of drug-likeness (QED) is 0.714. The Morgan fingerprint density at radius 1 is 1.16 bits per heavy atom. The van der Waals surface area contributed by atoms with Crippen LogP contribution in [-0.2, 0) is 19.3 Å². The molecule has 0 bridgehead atoms. The Bertz CT molecular complexity index is 570. The van der Waals surface area contributed by atoms with E-state index in [1.165, 1.54) is 42.4 Å². The largest absolute Gasteiger partial charge is 0.469 e. The lowest BCUT2D eigenvalue weighted by Crippen LogP contribution is -2.04. The maximum Gasteiger partial charge on any atom is 0.108 e. The summed E-state index contributed by atoms with van der Waals surface area (Å²) in [5.41, 5.74) is 5.29. The van der Waals surface area contributed by atoms with Crippen molar-refractivity contribution in [3.05, 3.63) is 58.5 Å². The molecule has 1 unspecified atom stereocenters. The number of fused-ring (bicyclic) bond motifs is 1. The summed E-state index contributed by atoms with van der Waals surface area (Å²) >= 11 is 6.64. The predicted molar refractivity (Wildman–Crippen MR) is 78.9 cm³/mol. The van der Waals surface area contributed by atoms with Gasteiger partial charge < -0.3 is 4.42 Å². The van der Waals surface area contributed by atoms with E-state index >= 15 is 0 Å². The van der Waals surface area contributed by atoms with E-state index in [2.05, 4.69) is 25.1 Å². The second-order valence-corrected chi connectivity index (χ2v) is 5.69. The lowest BCUT2D eigenvalue weighted by atomic mass is 9.89. The fourth-order valence-electron chi connectivity index (χ4n) is 2.95. The molecule has 1 nitrogen and oxygen atoms in total. The van der Waals surface area contributed by atoms with Crippen molar-refractivity contribution in [1.82, 2.24) is 0 Å². The Morgan fingerprint density at radius 2 is 1.95 bits per heavy atom. The fraction of sp³-hybridized carbons (Fsp3) is 0.412. The molecule has 2 aromatic rings. The van der Waals surface area contributed by atoms with E-state index in [0.717, 1.165) is 17.7 Å². The number of hydrogen-bond donors (Lipinski definition) is 0. The van der Waals surface area contributed by atoms with Crippen molar-refractivity contribution in [3.8, 4) is 0 Å². The summed E-state index contributed by atoms with van der Waals surface area (Å²) in [5, 5.41) is -0.0964. The number of rotatable bonds is 3. The molecule has 100 valence electrons. The van der Waals surface area contributed by atoms with Gasteiger partial charge in [-0.05, 0) is 48.4 Å². The van der Waals surface area contributed by atoms with E-state index in [9.17, 15) is 0 Å². The zero-order chi connectivity index (χ0) is 13.2. The molecule has 0 amide bonds. The molecule has 2 heteroatoms. The molecule has 0 saturated carbocycles. The molecule has 0 spiro atoms. The number of halogens is 1. The van der Waals surface area contributed by atoms with E-state index < -0.39 is 0 Å². The summed E-state index contributed by atoms with van der Waals surface area (Å²) in [7, 11) is 0. The van der Waals surface area contributed by atoms with Gasteiger partial charge in [-0.25, -0.2) is 0 Å². The molecule has 0 radical (unpaired) electrons. The fourth-order valence-corrected chi connectivity index (χ4v) is 3.28. The second-order valence-electron chi connectivity index (χ2n) is 5.25. The minimum absolute atomic E-state index is 0.0964. The van der Waals surface area contributed by atoms with E-state index in [1.54, 1.807) is 6.26 Å². The van der Waals surface area contributed by atoms with Crippen LogP contribution in [0.1, 0.15) is 53.2 Å². The third-order valence-electron chi connectivity index (χ3n) is 4.04. The van der Waals surface area contributed by atoms with Crippen LogP contribution in [0.5, 0.6) is 0 Å². The Morgan fingerprint density at radius 3 is 2.74 bits per heavy atom. The van der Waals surface area contributed by atoms with Crippen LogP contribution in [0.2, 0.25) is 0 Å². The third-order valence-corrected chi connectivity index (χ3v) is 4.53. The second kappa shape index (κ2) is 5.42. The van der Waals surface area contributed by atoms with Crippen molar-refractivity contribution in [2.24, 2.45) is 0 Å². The summed E-state index contributed by atoms with van der Waals surface area (Å²) in [4.78, 5) is 0. The normalized spacial score (nSPS) is 16.1. The van der Waals surface area contributed by atoms with Crippen molar-refractivity contribution in [1.29, 1.82) is 0 Å². The van der Waals surface area contributed by atoms with Gasteiger partial charge >= 0.3 is 0 Å². The first kappa shape index (κ1) is 12.8. The molecule has 1 atom stereocenters. The zero-order valence-corrected chi connectivity index (χ0v) is 12.0. The van der Waals surface area contributed by atoms with Gasteiger partial charge in [0.25, 0.3) is 0 Å². The van der Waals surface area contributed by atoms with Crippen LogP contribution in [0.3, 0.4) is 0 Å². The van der Waals surface area contributed by atoms with Gasteiger partial charge in [-0.1, -0.05) is 25.1 Å². The highest BCUT2D eigenvalue weighted by atomic mass is 35.5. The topological polar surface area (TPSA) is 13.1 Å². The van der Waals surface area contributed by atoms with E-state index in [-0.39, 0.29) is 5.38 Å². The monoisotopic (exact) mass is 274 g/mol. The summed E-state index contributed by atoms with van der Waals surface area (Å²) < 4.78 is 5.48. The lowest BCUT2D eigenvalue weighted by molar-refractivity contribution is 0.512. The molecule has 1 aromatic carbocycles. The highest BCUT2D eigenvalue weighted by molar-refractivity contribution is 6.22. The van der Waals surface area contributed by atoms with Gasteiger partial charge in [0.05, 0.1) is 11.6 Å². The van der Waals surface area contributed by atoms with Crippen molar-refractivity contribution in [3.63, 3.8) is 0 Å². The molecule has 0 saturated heterocycles. The van der Waals surface area contributed by atoms with Crippen LogP contribution >= 0.6 is 11.6 Å². The number of aryl methyl sites for hydroxylation is 3. The average Bonchev–Trinajstić information content (AvgIpc) is 2.94. The zero-order valence-electron chi connectivity index (χ0n) is 11.3. The van der Waals surface area contributed by atoms with Gasteiger partial charge in [-0.2, -0.15) is 0 Å². The Kier molecular flexibility index (Phi) is 3.65. The van der Waals surface area contributed by atoms with Crippen molar-refractivity contribution < 1.29 is 4.42 Å². The number of hydrogen-bond acceptors (Lipinski definition) is 1. The van der Waals surface area contributed by atoms with E-state index in [4.69, 9.17) is 16.0 Å². The number of benzene rings is 1. The van der Waals surface area contributed by atoms with Gasteiger partial charge in [0.1, 0.15) is 5.76 Å². The molecule has 3 rings (SSSR count). The maximum atomic E-state index is 6.64. The summed E-state index contributed by atoms with van der Waals surface area (Å²) in [6, 6.07) is 8.72. The predicted octanol–water partition coefficient (Wildman–Crippen LogP) is 5.05. The molecular weight excluding hydrogens is 256 g/mol. The molecule has 19 heavy (non-hydrogen) atoms. The molecular formula is C17H19ClO. The molecule has 0 aliphatic heterocycles. The smallest absolute Gasteiger partial charge is 0.108 e. The van der Waals surface area contributed by atoms with E-state index in [1.807, 2.05) is 6.07 Å². The standard InChI is InChI=1S/C17H19ClO/c1-2-16-15(9-10-19-16)17(18)14-8-7-12-5-3-4-6-13(12)11-14/h7-11,17H,2-6H2,1H3. The first-order valence-corrected chi connectivity index (χ1v) is 7.55. The van der Waals surface area contributed by atoms with Crippen molar-refractivity contribution in [2.75, 3.05) is 0 Å². The first-order chi connectivity index (χ1) is 9.29. The Labute approximate surface area is 119 Å². The molecule has 1 heterocycles. The van der Waals surface area contributed by atoms with Gasteiger partial charge in [-0.15, -0.1) is 11.6 Å². The van der Waals surface area contributed by atoms with E-state index in [0.29, 0.717) is 0 Å². The number of alkyl halides is 1. The summed E-state index contributed by atoms with van der Waals surface area (Å²) in [6.07, 6.45) is 7.65. The van der Waals surface area contributed by atoms with Crippen LogP contribution < -0.4 is 0 Å². The third kappa shape index (κ3) is 2.44. The lowest BCUT2D eigenvalue weighted by Gasteiger charge is -2.18. The van der Waals surface area contributed by atoms with Crippen molar-refractivity contribution >= 4 is 11.6 Å². The highest BCUT2D eigenvalue weighted by Crippen LogP contribution is 2.34. The SMILES string of the molecule is CCc1occc1C(Cl)c1ccc2c(c1)CCCC2. The molecule has 0 fully saturated rings. The van der Waals surface area contributed by atoms with Gasteiger partial charge in [0.15, 0.2) is 0 Å². The van der Waals surface area contributed by atoms with Crippen LogP contribution in [0, 0.1) is 0 Å². The highest BCUT2D eigenvalue weighted by Gasteiger charge is 2.18. The minimum atomic E-state index is -0.0964. The Balaban J connectivity index is 1.93. The minimum Gasteiger partial charge on any atom is -0.469 e. The van der Waals surface area contributed by atoms with Crippen LogP contribution in [0.25, 0.3) is 0 Å². The maximum absolute atomic E-state index is 6.64. The summed E-state index contributed by atoms with van der Waals surface area (Å²) in [5.74, 6) is 0.998. The molecule has 1 aliphatic carbocycles. The van der Waals surface area contributed by atoms with Gasteiger partial charge in [-0.3, -0.25) is 0 Å². The first-order valence-electron chi connectivity index (χ1n) is 7.11. The molecule has 1 aliphatic rings. The number of furan rings is 1. The van der Waals surface area contributed by atoms with Crippen molar-refractivity contribution in [2.45, 2.75) is 44.4 Å². The van der Waals surface area contributed by atoms with Crippen LogP contribution in [0.4, 0.5) is 0 Å². The molecule has 0 N–H and O–H groups in total. The molecule has 1 aromatic heterocycles. The van der Waals surface area contributed by atoms with Gasteiger partial charge in [0, 0.05) is 12.0 Å².